The summed E-state index contributed by atoms with van der Waals surface area (Å²) in [5.74, 6) is 2.70. The van der Waals surface area contributed by atoms with Crippen LogP contribution in [0.25, 0.3) is 0 Å². The van der Waals surface area contributed by atoms with Crippen molar-refractivity contribution in [2.24, 2.45) is 0 Å². The number of terminal acetylenes is 1. The molecule has 0 aliphatic carbocycles. The first-order valence-corrected chi connectivity index (χ1v) is 5.40. The van der Waals surface area contributed by atoms with E-state index in [1.807, 2.05) is 0 Å². The lowest BCUT2D eigenvalue weighted by Crippen LogP contribution is -2.17. The van der Waals surface area contributed by atoms with E-state index in [0.717, 1.165) is 19.0 Å². The summed E-state index contributed by atoms with van der Waals surface area (Å²) in [6, 6.07) is 2.65. The van der Waals surface area contributed by atoms with E-state index in [1.165, 1.54) is 12.1 Å². The fourth-order valence-corrected chi connectivity index (χ4v) is 1.25. The van der Waals surface area contributed by atoms with Crippen molar-refractivity contribution in [1.82, 2.24) is 4.98 Å². The van der Waals surface area contributed by atoms with Gasteiger partial charge in [-0.25, -0.2) is 4.98 Å². The number of alkyl halides is 3. The molecule has 0 bridgehead atoms. The van der Waals surface area contributed by atoms with Crippen LogP contribution in [-0.2, 0) is 0 Å². The van der Waals surface area contributed by atoms with E-state index in [1.54, 1.807) is 0 Å². The van der Waals surface area contributed by atoms with Crippen LogP contribution in [0.5, 0.6) is 5.75 Å². The molecular formula is C12H13F3N2O. The van der Waals surface area contributed by atoms with Gasteiger partial charge < -0.3 is 10.1 Å². The Bertz CT molecular complexity index is 395. The van der Waals surface area contributed by atoms with Crippen LogP contribution in [-0.4, -0.2) is 17.9 Å². The molecule has 98 valence electrons. The van der Waals surface area contributed by atoms with E-state index in [0.29, 0.717) is 18.8 Å². The molecule has 0 aliphatic rings. The molecule has 0 radical (unpaired) electrons. The average molecular weight is 258 g/mol. The third-order valence-corrected chi connectivity index (χ3v) is 2.02. The number of nitrogens with zero attached hydrogens (tertiary/aromatic N) is 1. The smallest absolute Gasteiger partial charge is 0.404 e. The molecule has 0 unspecified atom stereocenters. The van der Waals surface area contributed by atoms with Gasteiger partial charge in [0, 0.05) is 13.0 Å². The van der Waals surface area contributed by atoms with E-state index in [-0.39, 0.29) is 5.75 Å². The van der Waals surface area contributed by atoms with Crippen molar-refractivity contribution in [3.8, 4) is 18.1 Å². The summed E-state index contributed by atoms with van der Waals surface area (Å²) in [6.07, 6.45) is 3.94. The Balaban J connectivity index is 2.34. The van der Waals surface area contributed by atoms with E-state index >= 15 is 0 Å². The fraction of sp³-hybridized carbons (Fsp3) is 0.417. The predicted molar refractivity (Wildman–Crippen MR) is 62.1 cm³/mol. The van der Waals surface area contributed by atoms with Crippen LogP contribution >= 0.6 is 0 Å². The third-order valence-electron chi connectivity index (χ3n) is 2.02. The monoisotopic (exact) mass is 258 g/mol. The molecule has 0 saturated heterocycles. The lowest BCUT2D eigenvalue weighted by Gasteiger charge is -2.09. The Morgan fingerprint density at radius 2 is 2.11 bits per heavy atom. The zero-order chi connectivity index (χ0) is 13.4. The average Bonchev–Trinajstić information content (AvgIpc) is 2.29. The summed E-state index contributed by atoms with van der Waals surface area (Å²) in [4.78, 5) is 3.80. The molecule has 0 atom stereocenters. The maximum Gasteiger partial charge on any atom is 0.573 e. The van der Waals surface area contributed by atoms with Crippen molar-refractivity contribution in [3.63, 3.8) is 0 Å². The van der Waals surface area contributed by atoms with Crippen molar-refractivity contribution >= 4 is 5.82 Å². The summed E-state index contributed by atoms with van der Waals surface area (Å²) in [6.45, 7) is 0.675. The lowest BCUT2D eigenvalue weighted by atomic mass is 10.2. The van der Waals surface area contributed by atoms with Gasteiger partial charge in [-0.1, -0.05) is 0 Å². The Hall–Kier alpha value is -1.90. The highest BCUT2D eigenvalue weighted by Crippen LogP contribution is 2.22. The summed E-state index contributed by atoms with van der Waals surface area (Å²) in [5, 5.41) is 2.98. The standard InChI is InChI=1S/C12H13F3N2O/c1-2-3-4-5-8-16-11-7-6-10(9-17-11)18-12(13,14)15/h1,6-7,9H,3-5,8H2,(H,16,17). The van der Waals surface area contributed by atoms with Crippen LogP contribution in [0, 0.1) is 12.3 Å². The molecule has 0 amide bonds. The second-order valence-corrected chi connectivity index (χ2v) is 3.51. The SMILES string of the molecule is C#CCCCCNc1ccc(OC(F)(F)F)cn1. The van der Waals surface area contributed by atoms with Gasteiger partial charge in [-0.05, 0) is 25.0 Å². The van der Waals surface area contributed by atoms with Gasteiger partial charge in [-0.3, -0.25) is 0 Å². The summed E-state index contributed by atoms with van der Waals surface area (Å²) < 4.78 is 39.3. The molecular weight excluding hydrogens is 245 g/mol. The molecule has 0 saturated carbocycles. The zero-order valence-corrected chi connectivity index (χ0v) is 9.63. The van der Waals surface area contributed by atoms with Crippen molar-refractivity contribution in [3.05, 3.63) is 18.3 Å². The number of pyridine rings is 1. The first kappa shape index (κ1) is 14.2. The van der Waals surface area contributed by atoms with Crippen LogP contribution in [0.3, 0.4) is 0 Å². The quantitative estimate of drug-likeness (QED) is 0.628. The molecule has 6 heteroatoms. The maximum absolute atomic E-state index is 11.9. The molecule has 1 aromatic heterocycles. The number of unbranched alkanes of at least 4 members (excludes halogenated alkanes) is 2. The van der Waals surface area contributed by atoms with Crippen LogP contribution in [0.15, 0.2) is 18.3 Å². The Labute approximate surface area is 103 Å². The minimum absolute atomic E-state index is 0.333. The molecule has 3 nitrogen and oxygen atoms in total. The van der Waals surface area contributed by atoms with Gasteiger partial charge in [0.2, 0.25) is 0 Å². The largest absolute Gasteiger partial charge is 0.573 e. The van der Waals surface area contributed by atoms with E-state index < -0.39 is 6.36 Å². The summed E-state index contributed by atoms with van der Waals surface area (Å²) in [5.41, 5.74) is 0. The molecule has 0 fully saturated rings. The van der Waals surface area contributed by atoms with Gasteiger partial charge in [0.15, 0.2) is 0 Å². The zero-order valence-electron chi connectivity index (χ0n) is 9.63. The second-order valence-electron chi connectivity index (χ2n) is 3.51. The van der Waals surface area contributed by atoms with Gasteiger partial charge in [0.05, 0.1) is 6.20 Å². The fourth-order valence-electron chi connectivity index (χ4n) is 1.25. The maximum atomic E-state index is 11.9. The predicted octanol–water partition coefficient (Wildman–Crippen LogP) is 3.20. The summed E-state index contributed by atoms with van der Waals surface area (Å²) >= 11 is 0. The second kappa shape index (κ2) is 6.74. The molecule has 18 heavy (non-hydrogen) atoms. The highest BCUT2D eigenvalue weighted by Gasteiger charge is 2.31. The van der Waals surface area contributed by atoms with Crippen molar-refractivity contribution in [2.45, 2.75) is 25.6 Å². The number of anilines is 1. The Morgan fingerprint density at radius 3 is 2.67 bits per heavy atom. The van der Waals surface area contributed by atoms with Gasteiger partial charge in [-0.2, -0.15) is 0 Å². The van der Waals surface area contributed by atoms with Gasteiger partial charge in [0.1, 0.15) is 11.6 Å². The van der Waals surface area contributed by atoms with Gasteiger partial charge in [0.25, 0.3) is 0 Å². The first-order valence-electron chi connectivity index (χ1n) is 5.40. The number of hydrogen-bond acceptors (Lipinski definition) is 3. The van der Waals surface area contributed by atoms with E-state index in [4.69, 9.17) is 6.42 Å². The molecule has 1 N–H and O–H groups in total. The van der Waals surface area contributed by atoms with Crippen LogP contribution in [0.2, 0.25) is 0 Å². The Kier molecular flexibility index (Phi) is 5.31. The number of nitrogens with one attached hydrogen (secondary N) is 1. The van der Waals surface area contributed by atoms with Crippen molar-refractivity contribution < 1.29 is 17.9 Å². The normalized spacial score (nSPS) is 10.8. The van der Waals surface area contributed by atoms with Crippen molar-refractivity contribution in [2.75, 3.05) is 11.9 Å². The number of ether oxygens (including phenoxy) is 1. The highest BCUT2D eigenvalue weighted by atomic mass is 19.4. The molecule has 0 aromatic carbocycles. The van der Waals surface area contributed by atoms with Gasteiger partial charge >= 0.3 is 6.36 Å². The van der Waals surface area contributed by atoms with Crippen LogP contribution in [0.4, 0.5) is 19.0 Å². The summed E-state index contributed by atoms with van der Waals surface area (Å²) in [7, 11) is 0. The third kappa shape index (κ3) is 5.99. The van der Waals surface area contributed by atoms with E-state index in [2.05, 4.69) is 21.0 Å². The van der Waals surface area contributed by atoms with E-state index in [9.17, 15) is 13.2 Å². The minimum atomic E-state index is -4.69. The molecule has 0 spiro atoms. The van der Waals surface area contributed by atoms with Gasteiger partial charge in [-0.15, -0.1) is 25.5 Å². The number of hydrogen-bond donors (Lipinski definition) is 1. The molecule has 1 heterocycles. The number of aromatic nitrogens is 1. The highest BCUT2D eigenvalue weighted by molar-refractivity contribution is 5.37. The number of halogens is 3. The Morgan fingerprint density at radius 1 is 1.33 bits per heavy atom. The lowest BCUT2D eigenvalue weighted by molar-refractivity contribution is -0.274. The van der Waals surface area contributed by atoms with Crippen LogP contribution in [0.1, 0.15) is 19.3 Å². The van der Waals surface area contributed by atoms with Crippen molar-refractivity contribution in [1.29, 1.82) is 0 Å². The molecule has 0 aliphatic heterocycles. The minimum Gasteiger partial charge on any atom is -0.404 e. The van der Waals surface area contributed by atoms with Crippen LogP contribution < -0.4 is 10.1 Å². The topological polar surface area (TPSA) is 34.1 Å². The molecule has 1 rings (SSSR count). The number of rotatable bonds is 6. The molecule has 1 aromatic rings. The first-order chi connectivity index (χ1) is 8.51.